The third kappa shape index (κ3) is 6.94. The van der Waals surface area contributed by atoms with E-state index >= 15 is 0 Å². The van der Waals surface area contributed by atoms with Gasteiger partial charge in [0.05, 0.1) is 66.0 Å². The summed E-state index contributed by atoms with van der Waals surface area (Å²) in [5.74, 6) is 0.346. The van der Waals surface area contributed by atoms with Crippen LogP contribution in [0.15, 0.2) is 47.4 Å². The second-order valence-corrected chi connectivity index (χ2v) is 11.8. The van der Waals surface area contributed by atoms with Gasteiger partial charge >= 0.3 is 0 Å². The van der Waals surface area contributed by atoms with Gasteiger partial charge in [-0.25, -0.2) is 8.42 Å². The number of fused-ring (bicyclic) bond motifs is 1. The van der Waals surface area contributed by atoms with Gasteiger partial charge in [-0.1, -0.05) is 29.3 Å². The first kappa shape index (κ1) is 28.1. The maximum absolute atomic E-state index is 13.6. The summed E-state index contributed by atoms with van der Waals surface area (Å²) in [5.41, 5.74) is 0.818. The van der Waals surface area contributed by atoms with Crippen LogP contribution in [0.2, 0.25) is 10.0 Å². The van der Waals surface area contributed by atoms with E-state index in [4.69, 9.17) is 37.4 Å². The molecule has 202 valence electrons. The van der Waals surface area contributed by atoms with Gasteiger partial charge in [-0.3, -0.25) is 4.79 Å². The van der Waals surface area contributed by atoms with E-state index in [-0.39, 0.29) is 37.0 Å². The summed E-state index contributed by atoms with van der Waals surface area (Å²) in [6.45, 7) is 0.269. The van der Waals surface area contributed by atoms with Crippen molar-refractivity contribution < 1.29 is 32.5 Å². The van der Waals surface area contributed by atoms with E-state index in [0.717, 1.165) is 5.56 Å². The van der Waals surface area contributed by atoms with Gasteiger partial charge < -0.3 is 24.6 Å². The number of carbonyl (C=O) groups excluding carboxylic acids is 1. The molecule has 2 heterocycles. The number of hydrogen-bond acceptors (Lipinski definition) is 7. The average Bonchev–Trinajstić information content (AvgIpc) is 2.87. The molecule has 2 aromatic rings. The topological polar surface area (TPSA) is 114 Å². The zero-order valence-corrected chi connectivity index (χ0v) is 22.6. The van der Waals surface area contributed by atoms with Crippen molar-refractivity contribution in [3.8, 4) is 5.75 Å². The molecule has 2 aliphatic rings. The highest BCUT2D eigenvalue weighted by Gasteiger charge is 2.43. The van der Waals surface area contributed by atoms with Gasteiger partial charge in [0, 0.05) is 13.1 Å². The number of aliphatic hydroxyl groups excluding tert-OH is 1. The Morgan fingerprint density at radius 1 is 1.14 bits per heavy atom. The molecule has 9 nitrogen and oxygen atoms in total. The van der Waals surface area contributed by atoms with Gasteiger partial charge in [-0.15, -0.1) is 0 Å². The van der Waals surface area contributed by atoms with Crippen LogP contribution < -0.4 is 10.1 Å². The van der Waals surface area contributed by atoms with E-state index in [2.05, 4.69) is 5.32 Å². The lowest BCUT2D eigenvalue weighted by Crippen LogP contribution is -2.57. The highest BCUT2D eigenvalue weighted by atomic mass is 35.5. The number of sulfonamides is 1. The van der Waals surface area contributed by atoms with E-state index in [1.165, 1.54) is 23.5 Å². The van der Waals surface area contributed by atoms with Crippen molar-refractivity contribution in [1.82, 2.24) is 9.62 Å². The standard InChI is InChI=1S/C25H30Cl2N2O7S/c1-34-18-3-6-20(7-4-18)37(32,33)29-13-17(30)14-35-15-24-23(29)9-5-19(36-24)11-25(31)28-12-16-2-8-21(26)22(27)10-16/h2-4,6-8,10,17,19,23-24,30H,5,9,11-15H2,1H3,(H,28,31)/t17-,19+,23-,24+/m1/s1. The van der Waals surface area contributed by atoms with Crippen LogP contribution in [0.1, 0.15) is 24.8 Å². The molecule has 2 N–H and O–H groups in total. The normalized spacial score (nSPS) is 25.0. The molecule has 2 saturated heterocycles. The molecule has 2 fully saturated rings. The Hall–Kier alpha value is -1.92. The molecule has 0 aliphatic carbocycles. The largest absolute Gasteiger partial charge is 0.497 e. The summed E-state index contributed by atoms with van der Waals surface area (Å²) in [4.78, 5) is 12.7. The number of aliphatic hydroxyl groups is 1. The Kier molecular flexibility index (Phi) is 9.33. The number of amides is 1. The summed E-state index contributed by atoms with van der Waals surface area (Å²) in [7, 11) is -2.43. The Morgan fingerprint density at radius 3 is 2.59 bits per heavy atom. The Balaban J connectivity index is 1.42. The van der Waals surface area contributed by atoms with Crippen LogP contribution in [-0.2, 0) is 30.8 Å². The molecule has 4 rings (SSSR count). The number of nitrogens with zero attached hydrogens (tertiary/aromatic N) is 1. The molecule has 0 spiro atoms. The quantitative estimate of drug-likeness (QED) is 0.524. The van der Waals surface area contributed by atoms with Gasteiger partial charge in [0.15, 0.2) is 0 Å². The Labute approximate surface area is 226 Å². The van der Waals surface area contributed by atoms with E-state index in [0.29, 0.717) is 35.2 Å². The monoisotopic (exact) mass is 572 g/mol. The van der Waals surface area contributed by atoms with Crippen LogP contribution in [0.4, 0.5) is 0 Å². The minimum absolute atomic E-state index is 0.0178. The molecule has 0 unspecified atom stereocenters. The number of ether oxygens (including phenoxy) is 3. The number of rotatable bonds is 7. The number of benzene rings is 2. The smallest absolute Gasteiger partial charge is 0.243 e. The zero-order valence-electron chi connectivity index (χ0n) is 20.3. The highest BCUT2D eigenvalue weighted by Crippen LogP contribution is 2.32. The van der Waals surface area contributed by atoms with Crippen LogP contribution in [0.3, 0.4) is 0 Å². The summed E-state index contributed by atoms with van der Waals surface area (Å²) in [6, 6.07) is 10.7. The third-order valence-corrected chi connectivity index (χ3v) is 9.13. The molecular weight excluding hydrogens is 543 g/mol. The molecule has 2 aliphatic heterocycles. The molecule has 0 saturated carbocycles. The van der Waals surface area contributed by atoms with Crippen molar-refractivity contribution in [3.05, 3.63) is 58.1 Å². The molecule has 2 aromatic carbocycles. The van der Waals surface area contributed by atoms with Gasteiger partial charge in [0.25, 0.3) is 0 Å². The van der Waals surface area contributed by atoms with E-state index < -0.39 is 34.4 Å². The summed E-state index contributed by atoms with van der Waals surface area (Å²) < 4.78 is 45.4. The van der Waals surface area contributed by atoms with Gasteiger partial charge in [0.1, 0.15) is 5.75 Å². The molecule has 1 amide bonds. The van der Waals surface area contributed by atoms with Crippen LogP contribution >= 0.6 is 23.2 Å². The van der Waals surface area contributed by atoms with Gasteiger partial charge in [0.2, 0.25) is 15.9 Å². The minimum atomic E-state index is -3.93. The van der Waals surface area contributed by atoms with Crippen molar-refractivity contribution in [3.63, 3.8) is 0 Å². The van der Waals surface area contributed by atoms with Crippen molar-refractivity contribution in [1.29, 1.82) is 0 Å². The SMILES string of the molecule is COc1ccc(S(=O)(=O)N2C[C@@H](O)COC[C@@H]3O[C@H](CC(=O)NCc4ccc(Cl)c(Cl)c4)CC[C@H]32)cc1. The lowest BCUT2D eigenvalue weighted by atomic mass is 9.96. The number of nitrogens with one attached hydrogen (secondary N) is 1. The van der Waals surface area contributed by atoms with Crippen LogP contribution in [-0.4, -0.2) is 75.0 Å². The fourth-order valence-electron chi connectivity index (χ4n) is 4.58. The van der Waals surface area contributed by atoms with Crippen molar-refractivity contribution >= 4 is 39.1 Å². The summed E-state index contributed by atoms with van der Waals surface area (Å²) >= 11 is 12.0. The fourth-order valence-corrected chi connectivity index (χ4v) is 6.62. The number of halogens is 2. The molecule has 37 heavy (non-hydrogen) atoms. The van der Waals surface area contributed by atoms with Gasteiger partial charge in [-0.05, 0) is 54.8 Å². The van der Waals surface area contributed by atoms with Crippen molar-refractivity contribution in [2.24, 2.45) is 0 Å². The molecular formula is C25H30Cl2N2O7S. The molecule has 12 heteroatoms. The molecule has 0 bridgehead atoms. The zero-order chi connectivity index (χ0) is 26.6. The fraction of sp³-hybridized carbons (Fsp3) is 0.480. The third-order valence-electron chi connectivity index (χ3n) is 6.49. The second-order valence-electron chi connectivity index (χ2n) is 9.11. The Bertz CT molecular complexity index is 1200. The van der Waals surface area contributed by atoms with Gasteiger partial charge in [-0.2, -0.15) is 4.31 Å². The first-order valence-corrected chi connectivity index (χ1v) is 14.1. The van der Waals surface area contributed by atoms with Crippen molar-refractivity contribution in [2.45, 2.75) is 55.1 Å². The lowest BCUT2D eigenvalue weighted by Gasteiger charge is -2.43. The first-order chi connectivity index (χ1) is 17.7. The predicted octanol–water partition coefficient (Wildman–Crippen LogP) is 3.01. The second kappa shape index (κ2) is 12.3. The average molecular weight is 573 g/mol. The number of carbonyl (C=O) groups is 1. The first-order valence-electron chi connectivity index (χ1n) is 11.9. The summed E-state index contributed by atoms with van der Waals surface area (Å²) in [6.07, 6.45) is -0.889. The molecule has 4 atom stereocenters. The van der Waals surface area contributed by atoms with Crippen LogP contribution in [0.5, 0.6) is 5.75 Å². The minimum Gasteiger partial charge on any atom is -0.497 e. The van der Waals surface area contributed by atoms with Crippen LogP contribution in [0.25, 0.3) is 0 Å². The number of methoxy groups -OCH3 is 1. The molecule has 0 aromatic heterocycles. The maximum atomic E-state index is 13.6. The number of hydrogen-bond donors (Lipinski definition) is 2. The highest BCUT2D eigenvalue weighted by molar-refractivity contribution is 7.89. The van der Waals surface area contributed by atoms with Crippen LogP contribution in [0, 0.1) is 0 Å². The van der Waals surface area contributed by atoms with E-state index in [9.17, 15) is 18.3 Å². The van der Waals surface area contributed by atoms with Crippen molar-refractivity contribution in [2.75, 3.05) is 26.9 Å². The number of β-amino-alcohol motifs (C(OH)–C–C–N with tert-alkyl or cyclic N) is 1. The Morgan fingerprint density at radius 2 is 1.89 bits per heavy atom. The predicted molar refractivity (Wildman–Crippen MR) is 138 cm³/mol. The molecule has 0 radical (unpaired) electrons. The van der Waals surface area contributed by atoms with E-state index in [1.54, 1.807) is 30.3 Å². The van der Waals surface area contributed by atoms with E-state index in [1.807, 2.05) is 0 Å². The maximum Gasteiger partial charge on any atom is 0.243 e. The lowest BCUT2D eigenvalue weighted by molar-refractivity contribution is -0.146. The summed E-state index contributed by atoms with van der Waals surface area (Å²) in [5, 5.41) is 14.1.